The van der Waals surface area contributed by atoms with Gasteiger partial charge in [-0.3, -0.25) is 4.90 Å². The first-order chi connectivity index (χ1) is 8.36. The Balaban J connectivity index is 1.70. The molecule has 1 saturated heterocycles. The molecule has 5 heteroatoms. The van der Waals surface area contributed by atoms with E-state index in [2.05, 4.69) is 15.9 Å². The van der Waals surface area contributed by atoms with Gasteiger partial charge in [-0.25, -0.2) is 4.98 Å². The molecule has 1 aliphatic heterocycles. The van der Waals surface area contributed by atoms with Crippen molar-refractivity contribution >= 4 is 23.1 Å². The van der Waals surface area contributed by atoms with Gasteiger partial charge in [-0.15, -0.1) is 11.3 Å². The summed E-state index contributed by atoms with van der Waals surface area (Å²) in [4.78, 5) is 8.86. The van der Waals surface area contributed by atoms with E-state index in [0.717, 1.165) is 32.3 Å². The van der Waals surface area contributed by atoms with Gasteiger partial charge in [0.05, 0.1) is 18.8 Å². The van der Waals surface area contributed by atoms with E-state index in [4.69, 9.17) is 4.98 Å². The Labute approximate surface area is 111 Å². The molecule has 2 heterocycles. The van der Waals surface area contributed by atoms with Crippen molar-refractivity contribution < 1.29 is 4.74 Å². The third-order valence-electron chi connectivity index (χ3n) is 3.68. The molecule has 3 nitrogen and oxygen atoms in total. The normalized spacial score (nSPS) is 25.8. The summed E-state index contributed by atoms with van der Waals surface area (Å²) in [6.45, 7) is 4.38. The number of hydrogen-bond donors (Lipinski definition) is 0. The molecule has 1 aliphatic carbocycles. The van der Waals surface area contributed by atoms with Crippen LogP contribution in [0.1, 0.15) is 17.0 Å². The SMILES string of the molecule is CSc1nc2c(s1)CC(N1CC[OH+]CC1)CC2. The average Bonchev–Trinajstić information content (AvgIpc) is 2.81. The predicted octanol–water partition coefficient (Wildman–Crippen LogP) is 1.57. The molecule has 17 heavy (non-hydrogen) atoms. The molecule has 0 bridgehead atoms. The van der Waals surface area contributed by atoms with Gasteiger partial charge in [0, 0.05) is 10.9 Å². The van der Waals surface area contributed by atoms with E-state index >= 15 is 0 Å². The molecular weight excluding hydrogens is 252 g/mol. The molecule has 3 rings (SSSR count). The zero-order chi connectivity index (χ0) is 11.7. The first-order valence-corrected chi connectivity index (χ1v) is 8.31. The third kappa shape index (κ3) is 2.52. The van der Waals surface area contributed by atoms with Gasteiger partial charge in [0.25, 0.3) is 0 Å². The lowest BCUT2D eigenvalue weighted by Crippen LogP contribution is -2.46. The fraction of sp³-hybridized carbons (Fsp3) is 0.750. The quantitative estimate of drug-likeness (QED) is 0.604. The highest BCUT2D eigenvalue weighted by Crippen LogP contribution is 2.32. The second-order valence-corrected chi connectivity index (χ2v) is 6.79. The van der Waals surface area contributed by atoms with Gasteiger partial charge >= 0.3 is 0 Å². The number of aryl methyl sites for hydroxylation is 1. The van der Waals surface area contributed by atoms with Crippen molar-refractivity contribution in [2.45, 2.75) is 29.6 Å². The van der Waals surface area contributed by atoms with Crippen LogP contribution in [-0.4, -0.2) is 53.2 Å². The summed E-state index contributed by atoms with van der Waals surface area (Å²) in [5.74, 6) is 0. The van der Waals surface area contributed by atoms with Crippen LogP contribution in [0.15, 0.2) is 4.34 Å². The minimum absolute atomic E-state index is 0.744. The fourth-order valence-electron chi connectivity index (χ4n) is 2.72. The van der Waals surface area contributed by atoms with Crippen molar-refractivity contribution in [1.82, 2.24) is 9.88 Å². The Morgan fingerprint density at radius 3 is 3.00 bits per heavy atom. The number of ether oxygens (including phenoxy) is 1. The molecule has 0 spiro atoms. The second kappa shape index (κ2) is 5.26. The molecule has 94 valence electrons. The van der Waals surface area contributed by atoms with Crippen LogP contribution in [0.25, 0.3) is 0 Å². The van der Waals surface area contributed by atoms with Gasteiger partial charge in [-0.2, -0.15) is 0 Å². The highest BCUT2D eigenvalue weighted by Gasteiger charge is 2.28. The summed E-state index contributed by atoms with van der Waals surface area (Å²) in [6, 6.07) is 0.744. The van der Waals surface area contributed by atoms with Crippen LogP contribution in [0.3, 0.4) is 0 Å². The fourth-order valence-corrected chi connectivity index (χ4v) is 4.46. The lowest BCUT2D eigenvalue weighted by atomic mass is 9.96. The molecule has 0 saturated carbocycles. The number of aromatic nitrogens is 1. The van der Waals surface area contributed by atoms with Gasteiger partial charge in [0.2, 0.25) is 0 Å². The summed E-state index contributed by atoms with van der Waals surface area (Å²) in [5, 5.41) is 0. The van der Waals surface area contributed by atoms with Crippen LogP contribution < -0.4 is 0 Å². The smallest absolute Gasteiger partial charge is 0.157 e. The summed E-state index contributed by atoms with van der Waals surface area (Å²) < 4.78 is 5.67. The highest BCUT2D eigenvalue weighted by molar-refractivity contribution is 8.00. The van der Waals surface area contributed by atoms with Crippen molar-refractivity contribution in [1.29, 1.82) is 0 Å². The van der Waals surface area contributed by atoms with Crippen LogP contribution in [0, 0.1) is 0 Å². The first-order valence-electron chi connectivity index (χ1n) is 6.26. The summed E-state index contributed by atoms with van der Waals surface area (Å²) in [7, 11) is 0. The van der Waals surface area contributed by atoms with Crippen LogP contribution in [0.2, 0.25) is 0 Å². The van der Waals surface area contributed by atoms with Crippen LogP contribution in [0.5, 0.6) is 0 Å². The lowest BCUT2D eigenvalue weighted by molar-refractivity contribution is -0.100. The Morgan fingerprint density at radius 1 is 1.41 bits per heavy atom. The van der Waals surface area contributed by atoms with E-state index in [9.17, 15) is 0 Å². The molecule has 1 atom stereocenters. The third-order valence-corrected chi connectivity index (χ3v) is 5.78. The minimum Gasteiger partial charge on any atom is -0.432 e. The zero-order valence-corrected chi connectivity index (χ0v) is 11.8. The van der Waals surface area contributed by atoms with E-state index in [1.807, 2.05) is 11.3 Å². The number of thioether (sulfide) groups is 1. The van der Waals surface area contributed by atoms with Gasteiger partial charge in [-0.05, 0) is 25.5 Å². The maximum atomic E-state index is 4.69. The van der Waals surface area contributed by atoms with Gasteiger partial charge in [0.1, 0.15) is 4.34 Å². The molecule has 1 N–H and O–H groups in total. The van der Waals surface area contributed by atoms with E-state index in [1.165, 1.54) is 34.2 Å². The maximum Gasteiger partial charge on any atom is 0.157 e. The van der Waals surface area contributed by atoms with Crippen LogP contribution in [-0.2, 0) is 12.8 Å². The van der Waals surface area contributed by atoms with E-state index < -0.39 is 0 Å². The second-order valence-electron chi connectivity index (χ2n) is 4.66. The van der Waals surface area contributed by atoms with Crippen molar-refractivity contribution in [3.8, 4) is 0 Å². The molecule has 0 radical (unpaired) electrons. The average molecular weight is 271 g/mol. The number of nitrogens with zero attached hydrogens (tertiary/aromatic N) is 2. The number of aliphatic hydroxyl groups is 2. The largest absolute Gasteiger partial charge is 0.432 e. The summed E-state index contributed by atoms with van der Waals surface area (Å²) in [6.07, 6.45) is 5.79. The molecular formula is C12H19N2OS2+. The van der Waals surface area contributed by atoms with Crippen molar-refractivity contribution in [2.75, 3.05) is 32.6 Å². The molecule has 1 unspecified atom stereocenters. The van der Waals surface area contributed by atoms with Gasteiger partial charge < -0.3 is 4.74 Å². The van der Waals surface area contributed by atoms with E-state index in [-0.39, 0.29) is 0 Å². The maximum absolute atomic E-state index is 4.69. The zero-order valence-electron chi connectivity index (χ0n) is 10.2. The Hall–Kier alpha value is -0.100. The number of morpholine rings is 1. The predicted molar refractivity (Wildman–Crippen MR) is 73.2 cm³/mol. The minimum atomic E-state index is 0.744. The highest BCUT2D eigenvalue weighted by atomic mass is 32.2. The monoisotopic (exact) mass is 271 g/mol. The van der Waals surface area contributed by atoms with Crippen molar-refractivity contribution in [2.24, 2.45) is 0 Å². The molecule has 1 aromatic heterocycles. The topological polar surface area (TPSA) is 28.9 Å². The van der Waals surface area contributed by atoms with Crippen molar-refractivity contribution in [3.05, 3.63) is 10.6 Å². The van der Waals surface area contributed by atoms with Gasteiger partial charge in [0.15, 0.2) is 13.2 Å². The Kier molecular flexibility index (Phi) is 3.70. The number of rotatable bonds is 2. The van der Waals surface area contributed by atoms with Crippen molar-refractivity contribution in [3.63, 3.8) is 0 Å². The molecule has 1 fully saturated rings. The Bertz CT molecular complexity index is 388. The van der Waals surface area contributed by atoms with E-state index in [1.54, 1.807) is 11.8 Å². The van der Waals surface area contributed by atoms with E-state index in [0.29, 0.717) is 0 Å². The number of hydrogen-bond acceptors (Lipinski definition) is 4. The number of fused-ring (bicyclic) bond motifs is 1. The first kappa shape index (κ1) is 12.0. The molecule has 2 aliphatic rings. The lowest BCUT2D eigenvalue weighted by Gasteiger charge is -2.34. The van der Waals surface area contributed by atoms with Crippen LogP contribution in [0.4, 0.5) is 0 Å². The molecule has 1 aromatic rings. The molecule has 0 amide bonds. The van der Waals surface area contributed by atoms with Gasteiger partial charge in [-0.1, -0.05) is 11.8 Å². The Morgan fingerprint density at radius 2 is 2.24 bits per heavy atom. The molecule has 0 aromatic carbocycles. The standard InChI is InChI=1S/C12H18N2OS2/c1-16-12-13-10-3-2-9(8-11(10)17-12)14-4-6-15-7-5-14/h9H,2-8H2,1H3/p+1. The number of thiazole rings is 1. The van der Waals surface area contributed by atoms with Crippen LogP contribution >= 0.6 is 23.1 Å². The summed E-state index contributed by atoms with van der Waals surface area (Å²) in [5.41, 5.74) is 1.37. The summed E-state index contributed by atoms with van der Waals surface area (Å²) >= 11 is 3.68.